The van der Waals surface area contributed by atoms with E-state index in [1.165, 1.54) is 12.1 Å². The maximum atomic E-state index is 12.3. The first-order valence-electron chi connectivity index (χ1n) is 10.2. The molecule has 10 heteroatoms. The molecule has 0 aliphatic heterocycles. The van der Waals surface area contributed by atoms with Crippen LogP contribution in [0.25, 0.3) is 0 Å². The van der Waals surface area contributed by atoms with Gasteiger partial charge in [0.25, 0.3) is 11.8 Å². The molecular formula is C22H25N3O6S. The monoisotopic (exact) mass is 459 g/mol. The lowest BCUT2D eigenvalue weighted by Crippen LogP contribution is -2.29. The molecule has 0 unspecified atom stereocenters. The van der Waals surface area contributed by atoms with Gasteiger partial charge in [0.1, 0.15) is 0 Å². The first kappa shape index (κ1) is 23.4. The molecule has 1 fully saturated rings. The average molecular weight is 460 g/mol. The zero-order chi connectivity index (χ0) is 23.1. The number of para-hydroxylation sites is 1. The van der Waals surface area contributed by atoms with Crippen LogP contribution in [0.1, 0.15) is 35.2 Å². The van der Waals surface area contributed by atoms with Crippen molar-refractivity contribution < 1.29 is 27.5 Å². The summed E-state index contributed by atoms with van der Waals surface area (Å²) >= 11 is 0. The molecule has 2 aromatic rings. The molecule has 3 N–H and O–H groups in total. The third kappa shape index (κ3) is 6.89. The van der Waals surface area contributed by atoms with Crippen LogP contribution in [-0.4, -0.2) is 45.4 Å². The second kappa shape index (κ2) is 10.4. The van der Waals surface area contributed by atoms with Gasteiger partial charge in [-0.15, -0.1) is 0 Å². The van der Waals surface area contributed by atoms with Crippen LogP contribution in [0.5, 0.6) is 0 Å². The summed E-state index contributed by atoms with van der Waals surface area (Å²) in [6.45, 7) is 1.06. The Hall–Kier alpha value is -3.24. The fourth-order valence-electron chi connectivity index (χ4n) is 2.84. The van der Waals surface area contributed by atoms with Crippen LogP contribution in [0, 0.1) is 6.92 Å². The molecule has 0 radical (unpaired) electrons. The Labute approximate surface area is 186 Å². The van der Waals surface area contributed by atoms with Gasteiger partial charge in [0.15, 0.2) is 6.61 Å². The van der Waals surface area contributed by atoms with Crippen molar-refractivity contribution >= 4 is 33.5 Å². The van der Waals surface area contributed by atoms with Crippen molar-refractivity contribution in [3.63, 3.8) is 0 Å². The van der Waals surface area contributed by atoms with E-state index < -0.39 is 28.5 Å². The number of sulfonamides is 1. The molecule has 170 valence electrons. The van der Waals surface area contributed by atoms with E-state index in [1.54, 1.807) is 43.3 Å². The molecule has 3 rings (SSSR count). The van der Waals surface area contributed by atoms with Gasteiger partial charge in [0.2, 0.25) is 10.0 Å². The topological polar surface area (TPSA) is 131 Å². The van der Waals surface area contributed by atoms with Gasteiger partial charge < -0.3 is 15.4 Å². The van der Waals surface area contributed by atoms with Gasteiger partial charge in [0, 0.05) is 12.6 Å². The smallest absolute Gasteiger partial charge is 0.307 e. The summed E-state index contributed by atoms with van der Waals surface area (Å²) in [4.78, 5) is 36.4. The van der Waals surface area contributed by atoms with Gasteiger partial charge >= 0.3 is 5.97 Å². The number of hydrogen-bond donors (Lipinski definition) is 3. The maximum absolute atomic E-state index is 12.3. The summed E-state index contributed by atoms with van der Waals surface area (Å²) in [5.41, 5.74) is 1.44. The Bertz CT molecular complexity index is 1110. The van der Waals surface area contributed by atoms with E-state index in [4.69, 9.17) is 4.74 Å². The fourth-order valence-corrected chi connectivity index (χ4v) is 3.97. The number of ether oxygens (including phenoxy) is 1. The lowest BCUT2D eigenvalue weighted by molar-refractivity contribution is -0.147. The molecule has 0 aromatic heterocycles. The molecule has 0 spiro atoms. The lowest BCUT2D eigenvalue weighted by Gasteiger charge is -2.11. The third-order valence-corrected chi connectivity index (χ3v) is 6.10. The number of carbonyl (C=O) groups excluding carboxylic acids is 3. The van der Waals surface area contributed by atoms with Crippen molar-refractivity contribution in [1.82, 2.24) is 10.0 Å². The second-order valence-corrected chi connectivity index (χ2v) is 9.23. The van der Waals surface area contributed by atoms with Crippen LogP contribution >= 0.6 is 0 Å². The van der Waals surface area contributed by atoms with Crippen LogP contribution in [0.4, 0.5) is 5.69 Å². The van der Waals surface area contributed by atoms with Crippen molar-refractivity contribution in [2.45, 2.75) is 37.1 Å². The minimum Gasteiger partial charge on any atom is -0.456 e. The predicted octanol–water partition coefficient (Wildman–Crippen LogP) is 1.74. The summed E-state index contributed by atoms with van der Waals surface area (Å²) in [6, 6.07) is 13.1. The van der Waals surface area contributed by atoms with Crippen LogP contribution in [0.15, 0.2) is 53.4 Å². The second-order valence-electron chi connectivity index (χ2n) is 7.47. The number of rotatable bonds is 10. The van der Waals surface area contributed by atoms with Crippen molar-refractivity contribution in [2.75, 3.05) is 18.5 Å². The van der Waals surface area contributed by atoms with E-state index in [1.807, 2.05) is 0 Å². The standard InChI is InChI=1S/C22H25N3O6S/c1-15-5-4-6-17(13-15)32(29,30)23-12-11-21(27)31-14-20(26)25-19-8-3-2-7-18(19)22(28)24-16-9-10-16/h2-8,13,16,23H,9-12,14H2,1H3,(H,24,28)(H,25,26). The van der Waals surface area contributed by atoms with Crippen LogP contribution in [-0.2, 0) is 24.3 Å². The number of anilines is 1. The Morgan fingerprint density at radius 3 is 2.53 bits per heavy atom. The summed E-state index contributed by atoms with van der Waals surface area (Å²) in [5.74, 6) is -1.61. The van der Waals surface area contributed by atoms with Crippen molar-refractivity contribution in [1.29, 1.82) is 0 Å². The highest BCUT2D eigenvalue weighted by Gasteiger charge is 2.25. The first-order valence-corrected chi connectivity index (χ1v) is 11.6. The molecule has 32 heavy (non-hydrogen) atoms. The highest BCUT2D eigenvalue weighted by Crippen LogP contribution is 2.21. The van der Waals surface area contributed by atoms with E-state index in [0.717, 1.165) is 18.4 Å². The first-order chi connectivity index (χ1) is 15.2. The van der Waals surface area contributed by atoms with E-state index >= 15 is 0 Å². The van der Waals surface area contributed by atoms with Crippen LogP contribution in [0.2, 0.25) is 0 Å². The molecular weight excluding hydrogens is 434 g/mol. The Morgan fingerprint density at radius 2 is 1.81 bits per heavy atom. The minimum absolute atomic E-state index is 0.106. The minimum atomic E-state index is -3.74. The summed E-state index contributed by atoms with van der Waals surface area (Å²) in [7, 11) is -3.74. The summed E-state index contributed by atoms with van der Waals surface area (Å²) in [6.07, 6.45) is 1.65. The highest BCUT2D eigenvalue weighted by molar-refractivity contribution is 7.89. The van der Waals surface area contributed by atoms with Gasteiger partial charge in [0.05, 0.1) is 22.6 Å². The molecule has 2 amide bonds. The molecule has 2 aromatic carbocycles. The Balaban J connectivity index is 1.43. The van der Waals surface area contributed by atoms with Gasteiger partial charge in [-0.3, -0.25) is 14.4 Å². The number of hydrogen-bond acceptors (Lipinski definition) is 6. The quantitative estimate of drug-likeness (QED) is 0.464. The van der Waals surface area contributed by atoms with Gasteiger partial charge in [-0.25, -0.2) is 13.1 Å². The molecule has 9 nitrogen and oxygen atoms in total. The normalized spacial score (nSPS) is 13.3. The number of nitrogens with one attached hydrogen (secondary N) is 3. The number of benzene rings is 2. The van der Waals surface area contributed by atoms with Crippen molar-refractivity contribution in [3.05, 3.63) is 59.7 Å². The van der Waals surface area contributed by atoms with Crippen LogP contribution < -0.4 is 15.4 Å². The fraction of sp³-hybridized carbons (Fsp3) is 0.318. The van der Waals surface area contributed by atoms with E-state index in [2.05, 4.69) is 15.4 Å². The zero-order valence-electron chi connectivity index (χ0n) is 17.6. The van der Waals surface area contributed by atoms with E-state index in [-0.39, 0.29) is 29.8 Å². The van der Waals surface area contributed by atoms with Gasteiger partial charge in [-0.05, 0) is 49.6 Å². The van der Waals surface area contributed by atoms with Crippen molar-refractivity contribution in [3.8, 4) is 0 Å². The maximum Gasteiger partial charge on any atom is 0.307 e. The number of carbonyl (C=O) groups is 3. The van der Waals surface area contributed by atoms with Gasteiger partial charge in [-0.2, -0.15) is 0 Å². The molecule has 0 heterocycles. The Kier molecular flexibility index (Phi) is 7.60. The van der Waals surface area contributed by atoms with Crippen molar-refractivity contribution in [2.24, 2.45) is 0 Å². The average Bonchev–Trinajstić information content (AvgIpc) is 3.56. The zero-order valence-corrected chi connectivity index (χ0v) is 18.4. The largest absolute Gasteiger partial charge is 0.456 e. The highest BCUT2D eigenvalue weighted by atomic mass is 32.2. The molecule has 0 atom stereocenters. The molecule has 1 aliphatic carbocycles. The lowest BCUT2D eigenvalue weighted by atomic mass is 10.1. The van der Waals surface area contributed by atoms with E-state index in [0.29, 0.717) is 11.3 Å². The predicted molar refractivity (Wildman–Crippen MR) is 118 cm³/mol. The molecule has 0 bridgehead atoms. The molecule has 1 saturated carbocycles. The van der Waals surface area contributed by atoms with Crippen LogP contribution in [0.3, 0.4) is 0 Å². The number of esters is 1. The number of amides is 2. The summed E-state index contributed by atoms with van der Waals surface area (Å²) < 4.78 is 31.7. The number of aryl methyl sites for hydroxylation is 1. The van der Waals surface area contributed by atoms with Gasteiger partial charge in [-0.1, -0.05) is 24.3 Å². The summed E-state index contributed by atoms with van der Waals surface area (Å²) in [5, 5.41) is 5.41. The molecule has 0 saturated heterocycles. The molecule has 1 aliphatic rings. The SMILES string of the molecule is Cc1cccc(S(=O)(=O)NCCC(=O)OCC(=O)Nc2ccccc2C(=O)NC2CC2)c1. The Morgan fingerprint density at radius 1 is 1.06 bits per heavy atom. The van der Waals surface area contributed by atoms with E-state index in [9.17, 15) is 22.8 Å². The third-order valence-electron chi connectivity index (χ3n) is 4.64.